The van der Waals surface area contributed by atoms with E-state index in [0.717, 1.165) is 19.7 Å². The highest BCUT2D eigenvalue weighted by Crippen LogP contribution is 2.24. The Labute approximate surface area is 119 Å². The topological polar surface area (TPSA) is 70.2 Å². The molecule has 2 fully saturated rings. The van der Waals surface area contributed by atoms with E-state index in [9.17, 15) is 0 Å². The molecule has 1 aromatic rings. The molecule has 0 spiro atoms. The third-order valence-electron chi connectivity index (χ3n) is 4.49. The van der Waals surface area contributed by atoms with E-state index in [-0.39, 0.29) is 6.10 Å². The third-order valence-corrected chi connectivity index (χ3v) is 4.49. The summed E-state index contributed by atoms with van der Waals surface area (Å²) < 4.78 is 5.77. The monoisotopic (exact) mass is 280 g/mol. The minimum atomic E-state index is -0.0365. The maximum Gasteiger partial charge on any atom is 0.204 e. The van der Waals surface area contributed by atoms with Crippen molar-refractivity contribution in [2.24, 2.45) is 0 Å². The van der Waals surface area contributed by atoms with E-state index >= 15 is 0 Å². The van der Waals surface area contributed by atoms with Gasteiger partial charge in [0.15, 0.2) is 0 Å². The van der Waals surface area contributed by atoms with Gasteiger partial charge in [-0.1, -0.05) is 5.21 Å². The van der Waals surface area contributed by atoms with E-state index in [0.29, 0.717) is 17.9 Å². The summed E-state index contributed by atoms with van der Waals surface area (Å²) in [6.07, 6.45) is 2.46. The highest BCUT2D eigenvalue weighted by Gasteiger charge is 2.31. The van der Waals surface area contributed by atoms with Crippen LogP contribution in [-0.2, 0) is 4.74 Å². The molecule has 3 rings (SSSR count). The first-order valence-electron chi connectivity index (χ1n) is 7.57. The zero-order valence-electron chi connectivity index (χ0n) is 12.3. The fraction of sp³-hybridized carbons (Fsp3) is 0.923. The van der Waals surface area contributed by atoms with Gasteiger partial charge in [0.2, 0.25) is 5.82 Å². The molecule has 2 saturated heterocycles. The molecule has 3 heterocycles. The number of nitrogens with one attached hydrogen (secondary N) is 1. The molecule has 1 aromatic heterocycles. The Bertz CT molecular complexity index is 401. The number of piperidine rings is 1. The van der Waals surface area contributed by atoms with E-state index in [1.165, 1.54) is 25.9 Å². The maximum atomic E-state index is 5.77. The van der Waals surface area contributed by atoms with Gasteiger partial charge < -0.3 is 9.64 Å². The molecule has 0 saturated carbocycles. The number of H-pyrrole nitrogens is 1. The number of aromatic nitrogens is 4. The Morgan fingerprint density at radius 1 is 1.25 bits per heavy atom. The smallest absolute Gasteiger partial charge is 0.204 e. The van der Waals surface area contributed by atoms with Crippen LogP contribution in [0, 0.1) is 0 Å². The van der Waals surface area contributed by atoms with Crippen molar-refractivity contribution in [1.29, 1.82) is 0 Å². The molecule has 2 aliphatic heterocycles. The van der Waals surface area contributed by atoms with Crippen LogP contribution < -0.4 is 0 Å². The van der Waals surface area contributed by atoms with Crippen molar-refractivity contribution in [3.8, 4) is 0 Å². The van der Waals surface area contributed by atoms with Gasteiger partial charge in [0, 0.05) is 25.2 Å². The SMILES string of the molecule is CC(C)N1CCC(N2CCOC(c3nn[nH]n3)C2)CC1. The number of tetrazole rings is 1. The normalized spacial score (nSPS) is 27.2. The van der Waals surface area contributed by atoms with E-state index in [1.807, 2.05) is 0 Å². The lowest BCUT2D eigenvalue weighted by Gasteiger charge is -2.42. The number of likely N-dealkylation sites (tertiary alicyclic amines) is 1. The van der Waals surface area contributed by atoms with Crippen molar-refractivity contribution in [2.75, 3.05) is 32.8 Å². The largest absolute Gasteiger partial charge is 0.367 e. The van der Waals surface area contributed by atoms with Gasteiger partial charge in [-0.15, -0.1) is 10.2 Å². The van der Waals surface area contributed by atoms with Crippen LogP contribution >= 0.6 is 0 Å². The molecule has 0 amide bonds. The van der Waals surface area contributed by atoms with Crippen LogP contribution in [0.4, 0.5) is 0 Å². The summed E-state index contributed by atoms with van der Waals surface area (Å²) in [7, 11) is 0. The fourth-order valence-corrected chi connectivity index (χ4v) is 3.23. The quantitative estimate of drug-likeness (QED) is 0.866. The molecule has 0 bridgehead atoms. The Kier molecular flexibility index (Phi) is 4.28. The number of morpholine rings is 1. The molecule has 7 heteroatoms. The number of aromatic amines is 1. The summed E-state index contributed by atoms with van der Waals surface area (Å²) in [4.78, 5) is 5.11. The van der Waals surface area contributed by atoms with Crippen molar-refractivity contribution in [3.63, 3.8) is 0 Å². The summed E-state index contributed by atoms with van der Waals surface area (Å²) in [5.41, 5.74) is 0. The lowest BCUT2D eigenvalue weighted by molar-refractivity contribution is -0.0581. The number of hydrogen-bond donors (Lipinski definition) is 1. The van der Waals surface area contributed by atoms with E-state index in [2.05, 4.69) is 44.3 Å². The predicted molar refractivity (Wildman–Crippen MR) is 74.2 cm³/mol. The van der Waals surface area contributed by atoms with Gasteiger partial charge in [0.1, 0.15) is 6.10 Å². The first kappa shape index (κ1) is 13.9. The predicted octanol–water partition coefficient (Wildman–Crippen LogP) is 0.446. The summed E-state index contributed by atoms with van der Waals surface area (Å²) in [5, 5.41) is 14.2. The molecular weight excluding hydrogens is 256 g/mol. The van der Waals surface area contributed by atoms with E-state index < -0.39 is 0 Å². The second kappa shape index (κ2) is 6.15. The van der Waals surface area contributed by atoms with Crippen molar-refractivity contribution < 1.29 is 4.74 Å². The lowest BCUT2D eigenvalue weighted by atomic mass is 10.0. The summed E-state index contributed by atoms with van der Waals surface area (Å²) in [5.74, 6) is 0.675. The van der Waals surface area contributed by atoms with Crippen LogP contribution in [0.5, 0.6) is 0 Å². The molecule has 112 valence electrons. The summed E-state index contributed by atoms with van der Waals surface area (Å²) >= 11 is 0. The van der Waals surface area contributed by atoms with Crippen molar-refractivity contribution >= 4 is 0 Å². The minimum Gasteiger partial charge on any atom is -0.367 e. The summed E-state index contributed by atoms with van der Waals surface area (Å²) in [6, 6.07) is 1.33. The molecule has 0 radical (unpaired) electrons. The van der Waals surface area contributed by atoms with Gasteiger partial charge >= 0.3 is 0 Å². The zero-order chi connectivity index (χ0) is 13.9. The molecular formula is C13H24N6O. The Morgan fingerprint density at radius 2 is 2.05 bits per heavy atom. The second-order valence-electron chi connectivity index (χ2n) is 5.99. The standard InChI is InChI=1S/C13H24N6O/c1-10(2)18-5-3-11(4-6-18)19-7-8-20-12(9-19)13-14-16-17-15-13/h10-12H,3-9H2,1-2H3,(H,14,15,16,17). The van der Waals surface area contributed by atoms with Crippen LogP contribution in [0.1, 0.15) is 38.6 Å². The number of hydrogen-bond acceptors (Lipinski definition) is 6. The van der Waals surface area contributed by atoms with Crippen LogP contribution in [0.3, 0.4) is 0 Å². The van der Waals surface area contributed by atoms with Crippen LogP contribution in [0.2, 0.25) is 0 Å². The molecule has 1 unspecified atom stereocenters. The van der Waals surface area contributed by atoms with Crippen LogP contribution in [-0.4, -0.2) is 75.3 Å². The van der Waals surface area contributed by atoms with Crippen molar-refractivity contribution in [2.45, 2.75) is 44.9 Å². The van der Waals surface area contributed by atoms with Gasteiger partial charge in [-0.05, 0) is 39.8 Å². The third kappa shape index (κ3) is 2.99. The fourth-order valence-electron chi connectivity index (χ4n) is 3.23. The molecule has 1 atom stereocenters. The highest BCUT2D eigenvalue weighted by atomic mass is 16.5. The minimum absolute atomic E-state index is 0.0365. The Balaban J connectivity index is 1.55. The van der Waals surface area contributed by atoms with Gasteiger partial charge in [-0.2, -0.15) is 5.21 Å². The van der Waals surface area contributed by atoms with Gasteiger partial charge in [-0.25, -0.2) is 0 Å². The molecule has 0 aliphatic carbocycles. The highest BCUT2D eigenvalue weighted by molar-refractivity contribution is 4.91. The van der Waals surface area contributed by atoms with Gasteiger partial charge in [-0.3, -0.25) is 4.90 Å². The molecule has 7 nitrogen and oxygen atoms in total. The molecule has 1 N–H and O–H groups in total. The van der Waals surface area contributed by atoms with E-state index in [1.54, 1.807) is 0 Å². The first-order valence-corrected chi connectivity index (χ1v) is 7.57. The first-order chi connectivity index (χ1) is 9.74. The number of ether oxygens (including phenoxy) is 1. The lowest BCUT2D eigenvalue weighted by Crippen LogP contribution is -2.50. The van der Waals surface area contributed by atoms with Crippen LogP contribution in [0.25, 0.3) is 0 Å². The van der Waals surface area contributed by atoms with Gasteiger partial charge in [0.25, 0.3) is 0 Å². The Hall–Kier alpha value is -1.05. The Morgan fingerprint density at radius 3 is 2.70 bits per heavy atom. The average Bonchev–Trinajstić information content (AvgIpc) is 3.02. The zero-order valence-corrected chi connectivity index (χ0v) is 12.3. The number of rotatable bonds is 3. The van der Waals surface area contributed by atoms with Crippen molar-refractivity contribution in [3.05, 3.63) is 5.82 Å². The molecule has 20 heavy (non-hydrogen) atoms. The van der Waals surface area contributed by atoms with Crippen molar-refractivity contribution in [1.82, 2.24) is 30.4 Å². The number of nitrogens with zero attached hydrogens (tertiary/aromatic N) is 5. The average molecular weight is 280 g/mol. The summed E-state index contributed by atoms with van der Waals surface area (Å²) in [6.45, 7) is 9.61. The van der Waals surface area contributed by atoms with Crippen LogP contribution in [0.15, 0.2) is 0 Å². The van der Waals surface area contributed by atoms with Gasteiger partial charge in [0.05, 0.1) is 6.61 Å². The maximum absolute atomic E-state index is 5.77. The van der Waals surface area contributed by atoms with E-state index in [4.69, 9.17) is 4.74 Å². The second-order valence-corrected chi connectivity index (χ2v) is 5.99. The molecule has 2 aliphatic rings. The molecule has 0 aromatic carbocycles.